The van der Waals surface area contributed by atoms with Crippen molar-refractivity contribution in [2.75, 3.05) is 27.1 Å². The SMILES string of the molecule is CS(=O)Nc1cc(N2CCc3cc(-c4ccc(NS(=O)(=O)C(C)(C)C)cc4)ccc3C2=O)ccc1O. The molecule has 36 heavy (non-hydrogen) atoms. The molecule has 0 bridgehead atoms. The van der Waals surface area contributed by atoms with Crippen LogP contribution >= 0.6 is 0 Å². The highest BCUT2D eigenvalue weighted by molar-refractivity contribution is 7.94. The highest BCUT2D eigenvalue weighted by Gasteiger charge is 2.29. The van der Waals surface area contributed by atoms with Gasteiger partial charge in [0, 0.05) is 29.7 Å². The molecule has 1 atom stereocenters. The number of anilines is 3. The molecule has 1 amide bonds. The van der Waals surface area contributed by atoms with Crippen LogP contribution in [0.5, 0.6) is 5.75 Å². The number of nitrogens with one attached hydrogen (secondary N) is 2. The van der Waals surface area contributed by atoms with E-state index in [0.29, 0.717) is 35.6 Å². The Morgan fingerprint density at radius 2 is 1.64 bits per heavy atom. The van der Waals surface area contributed by atoms with Crippen LogP contribution < -0.4 is 14.3 Å². The second-order valence-electron chi connectivity index (χ2n) is 9.63. The first-order valence-corrected chi connectivity index (χ1v) is 14.4. The number of phenolic OH excluding ortho intramolecular Hbond substituents is 1. The second kappa shape index (κ2) is 9.59. The van der Waals surface area contributed by atoms with Crippen molar-refractivity contribution >= 4 is 44.0 Å². The van der Waals surface area contributed by atoms with Gasteiger partial charge in [-0.05, 0) is 80.3 Å². The van der Waals surface area contributed by atoms with Crippen molar-refractivity contribution in [1.29, 1.82) is 0 Å². The first kappa shape index (κ1) is 25.7. The fraction of sp³-hybridized carbons (Fsp3) is 0.269. The summed E-state index contributed by atoms with van der Waals surface area (Å²) in [6, 6.07) is 17.6. The van der Waals surface area contributed by atoms with Crippen molar-refractivity contribution in [1.82, 2.24) is 0 Å². The zero-order valence-corrected chi connectivity index (χ0v) is 22.2. The molecule has 8 nitrogen and oxygen atoms in total. The Hall–Kier alpha value is -3.37. The highest BCUT2D eigenvalue weighted by Crippen LogP contribution is 2.33. The van der Waals surface area contributed by atoms with Crippen molar-refractivity contribution in [2.24, 2.45) is 0 Å². The lowest BCUT2D eigenvalue weighted by Gasteiger charge is -2.29. The molecule has 1 aliphatic heterocycles. The minimum absolute atomic E-state index is 0.0410. The molecule has 10 heteroatoms. The van der Waals surface area contributed by atoms with Gasteiger partial charge in [0.2, 0.25) is 10.0 Å². The Balaban J connectivity index is 1.55. The Morgan fingerprint density at radius 3 is 2.28 bits per heavy atom. The van der Waals surface area contributed by atoms with Crippen LogP contribution in [-0.4, -0.2) is 41.2 Å². The van der Waals surface area contributed by atoms with Gasteiger partial charge in [0.1, 0.15) is 16.7 Å². The van der Waals surface area contributed by atoms with Gasteiger partial charge in [-0.3, -0.25) is 9.52 Å². The molecule has 1 heterocycles. The monoisotopic (exact) mass is 527 g/mol. The fourth-order valence-corrected chi connectivity index (χ4v) is 5.11. The van der Waals surface area contributed by atoms with Crippen LogP contribution in [0.25, 0.3) is 11.1 Å². The summed E-state index contributed by atoms with van der Waals surface area (Å²) >= 11 is 0. The third-order valence-electron chi connectivity index (χ3n) is 6.01. The van der Waals surface area contributed by atoms with Crippen LogP contribution in [0.4, 0.5) is 17.1 Å². The predicted octanol–water partition coefficient (Wildman–Crippen LogP) is 4.51. The lowest BCUT2D eigenvalue weighted by molar-refractivity contribution is 0.0980. The molecule has 0 aromatic heterocycles. The van der Waals surface area contributed by atoms with Gasteiger partial charge in [0.05, 0.1) is 10.4 Å². The third-order valence-corrected chi connectivity index (χ3v) is 8.63. The summed E-state index contributed by atoms with van der Waals surface area (Å²) in [5.41, 5.74) is 4.77. The van der Waals surface area contributed by atoms with E-state index in [-0.39, 0.29) is 11.7 Å². The summed E-state index contributed by atoms with van der Waals surface area (Å²) < 4.78 is 40.7. The van der Waals surface area contributed by atoms with Crippen molar-refractivity contribution in [3.8, 4) is 16.9 Å². The molecule has 3 aromatic rings. The average molecular weight is 528 g/mol. The molecule has 3 aromatic carbocycles. The maximum absolute atomic E-state index is 13.3. The van der Waals surface area contributed by atoms with Gasteiger partial charge in [-0.2, -0.15) is 0 Å². The molecule has 0 radical (unpaired) electrons. The summed E-state index contributed by atoms with van der Waals surface area (Å²) in [6.07, 6.45) is 2.10. The van der Waals surface area contributed by atoms with E-state index in [9.17, 15) is 22.5 Å². The number of hydrogen-bond donors (Lipinski definition) is 3. The zero-order valence-electron chi connectivity index (χ0n) is 20.5. The van der Waals surface area contributed by atoms with Gasteiger partial charge in [-0.15, -0.1) is 0 Å². The van der Waals surface area contributed by atoms with Gasteiger partial charge in [0.25, 0.3) is 5.91 Å². The summed E-state index contributed by atoms with van der Waals surface area (Å²) in [4.78, 5) is 14.9. The number of aromatic hydroxyl groups is 1. The Labute approximate surface area is 214 Å². The molecule has 3 N–H and O–H groups in total. The van der Waals surface area contributed by atoms with E-state index in [4.69, 9.17) is 0 Å². The first-order chi connectivity index (χ1) is 16.9. The standard InChI is InChI=1S/C26H29N3O5S2/c1-26(2,3)36(33,34)28-20-8-5-17(6-9-20)18-7-11-22-19(15-18)13-14-29(25(22)31)21-10-12-24(30)23(16-21)27-35(4)32/h5-12,15-16,27-28,30H,13-14H2,1-4H3. The summed E-state index contributed by atoms with van der Waals surface area (Å²) in [7, 11) is -4.88. The molecule has 0 spiro atoms. The van der Waals surface area contributed by atoms with E-state index in [0.717, 1.165) is 16.7 Å². The quantitative estimate of drug-likeness (QED) is 0.408. The van der Waals surface area contributed by atoms with Crippen molar-refractivity contribution in [3.63, 3.8) is 0 Å². The third kappa shape index (κ3) is 5.24. The topological polar surface area (TPSA) is 116 Å². The van der Waals surface area contributed by atoms with Gasteiger partial charge in [0.15, 0.2) is 0 Å². The number of carbonyl (C=O) groups excluding carboxylic acids is 1. The molecule has 1 aliphatic rings. The fourth-order valence-electron chi connectivity index (χ4n) is 3.88. The van der Waals surface area contributed by atoms with E-state index < -0.39 is 25.8 Å². The number of benzene rings is 3. The highest BCUT2D eigenvalue weighted by atomic mass is 32.2. The molecular formula is C26H29N3O5S2. The Kier molecular flexibility index (Phi) is 6.85. The lowest BCUT2D eigenvalue weighted by Crippen LogP contribution is -2.37. The largest absolute Gasteiger partial charge is 0.506 e. The number of amides is 1. The van der Waals surface area contributed by atoms with Crippen molar-refractivity contribution < 1.29 is 22.5 Å². The number of rotatable bonds is 6. The van der Waals surface area contributed by atoms with Crippen LogP contribution in [0.2, 0.25) is 0 Å². The summed E-state index contributed by atoms with van der Waals surface area (Å²) in [6.45, 7) is 5.39. The molecule has 0 aliphatic carbocycles. The number of nitrogens with zero attached hydrogens (tertiary/aromatic N) is 1. The predicted molar refractivity (Wildman–Crippen MR) is 145 cm³/mol. The van der Waals surface area contributed by atoms with Crippen molar-refractivity contribution in [3.05, 3.63) is 71.8 Å². The normalized spacial score (nSPS) is 14.8. The molecule has 0 fully saturated rings. The first-order valence-electron chi connectivity index (χ1n) is 11.4. The van der Waals surface area contributed by atoms with Crippen LogP contribution in [0.15, 0.2) is 60.7 Å². The second-order valence-corrected chi connectivity index (χ2v) is 13.2. The maximum atomic E-state index is 13.3. The minimum Gasteiger partial charge on any atom is -0.506 e. The van der Waals surface area contributed by atoms with Crippen LogP contribution in [-0.2, 0) is 27.4 Å². The Bertz CT molecular complexity index is 1450. The van der Waals surface area contributed by atoms with E-state index in [1.54, 1.807) is 56.0 Å². The van der Waals surface area contributed by atoms with E-state index in [1.165, 1.54) is 12.3 Å². The number of sulfonamides is 1. The summed E-state index contributed by atoms with van der Waals surface area (Å²) in [5.74, 6) is -0.190. The lowest BCUT2D eigenvalue weighted by atomic mass is 9.93. The van der Waals surface area contributed by atoms with Gasteiger partial charge >= 0.3 is 0 Å². The molecule has 0 saturated heterocycles. The smallest absolute Gasteiger partial charge is 0.258 e. The average Bonchev–Trinajstić information content (AvgIpc) is 2.80. The van der Waals surface area contributed by atoms with E-state index in [2.05, 4.69) is 9.44 Å². The Morgan fingerprint density at radius 1 is 0.972 bits per heavy atom. The van der Waals surface area contributed by atoms with Crippen molar-refractivity contribution in [2.45, 2.75) is 31.9 Å². The van der Waals surface area contributed by atoms with Crippen LogP contribution in [0, 0.1) is 0 Å². The molecule has 4 rings (SSSR count). The summed E-state index contributed by atoms with van der Waals surface area (Å²) in [5, 5.41) is 10.0. The number of phenols is 1. The van der Waals surface area contributed by atoms with Crippen LogP contribution in [0.3, 0.4) is 0 Å². The van der Waals surface area contributed by atoms with Gasteiger partial charge in [-0.1, -0.05) is 24.3 Å². The molecule has 190 valence electrons. The molecule has 0 saturated carbocycles. The minimum atomic E-state index is -3.51. The number of hydrogen-bond acceptors (Lipinski definition) is 5. The zero-order chi connectivity index (χ0) is 26.3. The molecule has 1 unspecified atom stereocenters. The van der Waals surface area contributed by atoms with E-state index >= 15 is 0 Å². The van der Waals surface area contributed by atoms with E-state index in [1.807, 2.05) is 24.3 Å². The van der Waals surface area contributed by atoms with Gasteiger partial charge < -0.3 is 14.7 Å². The van der Waals surface area contributed by atoms with Crippen LogP contribution in [0.1, 0.15) is 36.7 Å². The molecular weight excluding hydrogens is 498 g/mol. The maximum Gasteiger partial charge on any atom is 0.258 e. The number of carbonyl (C=O) groups is 1. The number of fused-ring (bicyclic) bond motifs is 1. The van der Waals surface area contributed by atoms with Gasteiger partial charge in [-0.25, -0.2) is 12.6 Å².